The molecule has 2 aliphatic heterocycles. The van der Waals surface area contributed by atoms with Crippen LogP contribution in [0.3, 0.4) is 0 Å². The van der Waals surface area contributed by atoms with Crippen LogP contribution in [-0.4, -0.2) is 71.6 Å². The Morgan fingerprint density at radius 2 is 1.76 bits per heavy atom. The standard InChI is InChI=1S/C29H46ClN5O2/c1-20(2)29(37)35(24-8-5-4-6-9-24)25-15-17-34(19-25)33-28(36)27(18-22-11-13-23(30)14-12-22)32-21(3)26-10-7-16-31-26/h11-14,20-21,24-27,31-32H,4-10,15-19H2,1-3H3,(H,33,36)/t21?,25-,26+,27+/m0/s1. The van der Waals surface area contributed by atoms with Gasteiger partial charge in [-0.1, -0.05) is 56.8 Å². The molecule has 3 aliphatic rings. The zero-order valence-corrected chi connectivity index (χ0v) is 23.6. The SMILES string of the molecule is CC(C)C(=O)N(C1CCCCC1)[C@H]1CCN(NC(=O)[C@@H](Cc2ccc(Cl)cc2)NC(C)[C@H]2CCCN2)C1. The van der Waals surface area contributed by atoms with Crippen molar-refractivity contribution < 1.29 is 9.59 Å². The topological polar surface area (TPSA) is 76.7 Å². The van der Waals surface area contributed by atoms with E-state index in [-0.39, 0.29) is 35.9 Å². The molecule has 2 amide bonds. The molecule has 7 nitrogen and oxygen atoms in total. The van der Waals surface area contributed by atoms with Gasteiger partial charge in [-0.15, -0.1) is 0 Å². The fourth-order valence-corrected chi connectivity index (χ4v) is 6.40. The molecule has 0 spiro atoms. The summed E-state index contributed by atoms with van der Waals surface area (Å²) in [4.78, 5) is 29.0. The number of carbonyl (C=O) groups excluding carboxylic acids is 2. The minimum atomic E-state index is -0.357. The van der Waals surface area contributed by atoms with Crippen LogP contribution < -0.4 is 16.1 Å². The fourth-order valence-electron chi connectivity index (χ4n) is 6.27. The normalized spacial score (nSPS) is 24.8. The summed E-state index contributed by atoms with van der Waals surface area (Å²) < 4.78 is 0. The van der Waals surface area contributed by atoms with Crippen molar-refractivity contribution in [3.63, 3.8) is 0 Å². The Hall–Kier alpha value is -1.67. The van der Waals surface area contributed by atoms with Crippen LogP contribution in [0.15, 0.2) is 24.3 Å². The molecular formula is C29H46ClN5O2. The Kier molecular flexibility index (Phi) is 10.3. The number of amides is 2. The second-order valence-electron chi connectivity index (χ2n) is 11.6. The first kappa shape index (κ1) is 28.3. The van der Waals surface area contributed by atoms with Crippen LogP contribution >= 0.6 is 11.6 Å². The van der Waals surface area contributed by atoms with E-state index < -0.39 is 0 Å². The Labute approximate surface area is 228 Å². The molecule has 2 saturated heterocycles. The quantitative estimate of drug-likeness (QED) is 0.427. The van der Waals surface area contributed by atoms with Gasteiger partial charge in [0.1, 0.15) is 0 Å². The lowest BCUT2D eigenvalue weighted by atomic mass is 9.92. The minimum absolute atomic E-state index is 0.00999. The lowest BCUT2D eigenvalue weighted by Gasteiger charge is -2.39. The van der Waals surface area contributed by atoms with Crippen molar-refractivity contribution in [3.8, 4) is 0 Å². The Bertz CT molecular complexity index is 883. The summed E-state index contributed by atoms with van der Waals surface area (Å²) in [6, 6.07) is 8.44. The number of hydrogen-bond acceptors (Lipinski definition) is 5. The lowest BCUT2D eigenvalue weighted by Crippen LogP contribution is -2.57. The van der Waals surface area contributed by atoms with Gasteiger partial charge in [-0.05, 0) is 69.7 Å². The molecule has 8 heteroatoms. The van der Waals surface area contributed by atoms with E-state index >= 15 is 0 Å². The number of benzene rings is 1. The van der Waals surface area contributed by atoms with E-state index in [0.29, 0.717) is 30.1 Å². The molecule has 1 aromatic carbocycles. The number of halogens is 1. The van der Waals surface area contributed by atoms with Gasteiger partial charge in [0, 0.05) is 48.2 Å². The predicted molar refractivity (Wildman–Crippen MR) is 149 cm³/mol. The molecule has 2 heterocycles. The largest absolute Gasteiger partial charge is 0.335 e. The van der Waals surface area contributed by atoms with Gasteiger partial charge in [0.25, 0.3) is 5.91 Å². The van der Waals surface area contributed by atoms with E-state index in [4.69, 9.17) is 11.6 Å². The maximum Gasteiger partial charge on any atom is 0.251 e. The molecule has 0 bridgehead atoms. The minimum Gasteiger partial charge on any atom is -0.335 e. The molecule has 4 rings (SSSR count). The van der Waals surface area contributed by atoms with Gasteiger partial charge in [-0.2, -0.15) is 0 Å². The van der Waals surface area contributed by atoms with Crippen molar-refractivity contribution in [1.82, 2.24) is 26.0 Å². The third-order valence-electron chi connectivity index (χ3n) is 8.38. The van der Waals surface area contributed by atoms with Crippen molar-refractivity contribution in [2.24, 2.45) is 5.92 Å². The third kappa shape index (κ3) is 7.69. The third-order valence-corrected chi connectivity index (χ3v) is 8.63. The van der Waals surface area contributed by atoms with Crippen LogP contribution in [0.4, 0.5) is 0 Å². The summed E-state index contributed by atoms with van der Waals surface area (Å²) in [6.07, 6.45) is 9.65. The highest BCUT2D eigenvalue weighted by atomic mass is 35.5. The second kappa shape index (κ2) is 13.4. The summed E-state index contributed by atoms with van der Waals surface area (Å²) in [5.74, 6) is 0.231. The summed E-state index contributed by atoms with van der Waals surface area (Å²) >= 11 is 6.09. The second-order valence-corrected chi connectivity index (χ2v) is 12.0. The van der Waals surface area contributed by atoms with Crippen LogP contribution in [-0.2, 0) is 16.0 Å². The summed E-state index contributed by atoms with van der Waals surface area (Å²) in [5, 5.41) is 9.90. The van der Waals surface area contributed by atoms with E-state index in [1.807, 2.05) is 43.1 Å². The fraction of sp³-hybridized carbons (Fsp3) is 0.724. The highest BCUT2D eigenvalue weighted by Crippen LogP contribution is 2.28. The van der Waals surface area contributed by atoms with Crippen molar-refractivity contribution in [1.29, 1.82) is 0 Å². The first-order valence-electron chi connectivity index (χ1n) is 14.4. The molecule has 1 saturated carbocycles. The summed E-state index contributed by atoms with van der Waals surface area (Å²) in [7, 11) is 0. The van der Waals surface area contributed by atoms with Crippen molar-refractivity contribution in [3.05, 3.63) is 34.9 Å². The molecule has 1 unspecified atom stereocenters. The van der Waals surface area contributed by atoms with Gasteiger partial charge >= 0.3 is 0 Å². The molecule has 4 atom stereocenters. The van der Waals surface area contributed by atoms with E-state index in [2.05, 4.69) is 27.9 Å². The maximum atomic E-state index is 13.6. The van der Waals surface area contributed by atoms with E-state index in [1.54, 1.807) is 0 Å². The molecule has 0 aromatic heterocycles. The number of nitrogens with one attached hydrogen (secondary N) is 3. The first-order chi connectivity index (χ1) is 17.8. The molecule has 0 radical (unpaired) electrons. The molecule has 1 aromatic rings. The average molecular weight is 532 g/mol. The smallest absolute Gasteiger partial charge is 0.251 e. The molecule has 206 valence electrons. The van der Waals surface area contributed by atoms with Crippen LogP contribution in [0, 0.1) is 5.92 Å². The highest BCUT2D eigenvalue weighted by molar-refractivity contribution is 6.30. The van der Waals surface area contributed by atoms with Crippen LogP contribution in [0.5, 0.6) is 0 Å². The molecule has 3 N–H and O–H groups in total. The number of hydrazine groups is 1. The van der Waals surface area contributed by atoms with Crippen molar-refractivity contribution >= 4 is 23.4 Å². The Morgan fingerprint density at radius 1 is 1.03 bits per heavy atom. The number of rotatable bonds is 10. The molecular weight excluding hydrogens is 486 g/mol. The van der Waals surface area contributed by atoms with Crippen molar-refractivity contribution in [2.45, 2.75) is 109 Å². The summed E-state index contributed by atoms with van der Waals surface area (Å²) in [5.41, 5.74) is 4.29. The zero-order valence-electron chi connectivity index (χ0n) is 22.8. The molecule has 1 aliphatic carbocycles. The molecule has 37 heavy (non-hydrogen) atoms. The van der Waals surface area contributed by atoms with E-state index in [1.165, 1.54) is 25.7 Å². The van der Waals surface area contributed by atoms with Crippen LogP contribution in [0.2, 0.25) is 5.02 Å². The monoisotopic (exact) mass is 531 g/mol. The van der Waals surface area contributed by atoms with Gasteiger partial charge in [-0.3, -0.25) is 15.0 Å². The van der Waals surface area contributed by atoms with Crippen LogP contribution in [0.1, 0.15) is 77.7 Å². The Morgan fingerprint density at radius 3 is 2.41 bits per heavy atom. The van der Waals surface area contributed by atoms with Crippen molar-refractivity contribution in [2.75, 3.05) is 19.6 Å². The maximum absolute atomic E-state index is 13.6. The van der Waals surface area contributed by atoms with Gasteiger partial charge in [0.15, 0.2) is 0 Å². The van der Waals surface area contributed by atoms with Gasteiger partial charge in [-0.25, -0.2) is 5.01 Å². The highest BCUT2D eigenvalue weighted by Gasteiger charge is 2.37. The van der Waals surface area contributed by atoms with Gasteiger partial charge in [0.05, 0.1) is 6.04 Å². The average Bonchev–Trinajstić information content (AvgIpc) is 3.58. The predicted octanol–water partition coefficient (Wildman–Crippen LogP) is 3.90. The van der Waals surface area contributed by atoms with E-state index in [0.717, 1.165) is 44.3 Å². The number of hydrogen-bond donors (Lipinski definition) is 3. The zero-order chi connectivity index (χ0) is 26.4. The lowest BCUT2D eigenvalue weighted by molar-refractivity contribution is -0.140. The van der Waals surface area contributed by atoms with Gasteiger partial charge < -0.3 is 15.5 Å². The number of nitrogens with zero attached hydrogens (tertiary/aromatic N) is 2. The number of carbonyl (C=O) groups is 2. The van der Waals surface area contributed by atoms with E-state index in [9.17, 15) is 9.59 Å². The Balaban J connectivity index is 1.41. The summed E-state index contributed by atoms with van der Waals surface area (Å²) in [6.45, 7) is 8.65. The van der Waals surface area contributed by atoms with Crippen LogP contribution in [0.25, 0.3) is 0 Å². The first-order valence-corrected chi connectivity index (χ1v) is 14.8. The molecule has 3 fully saturated rings. The van der Waals surface area contributed by atoms with Gasteiger partial charge in [0.2, 0.25) is 5.91 Å².